The molecule has 0 spiro atoms. The van der Waals surface area contributed by atoms with Crippen molar-refractivity contribution >= 4 is 47.5 Å². The molecule has 0 fully saturated rings. The minimum absolute atomic E-state index is 0.245. The van der Waals surface area contributed by atoms with Gasteiger partial charge in [-0.3, -0.25) is 4.98 Å². The maximum Gasteiger partial charge on any atom is 0.489 e. The lowest BCUT2D eigenvalue weighted by Crippen LogP contribution is -2.31. The average Bonchev–Trinajstić information content (AvgIpc) is 3.27. The van der Waals surface area contributed by atoms with Gasteiger partial charge in [0, 0.05) is 31.0 Å². The summed E-state index contributed by atoms with van der Waals surface area (Å²) < 4.78 is 36.6. The Morgan fingerprint density at radius 3 is 1.69 bits per heavy atom. The van der Waals surface area contributed by atoms with Gasteiger partial charge in [0.15, 0.2) is 0 Å². The molecule has 0 saturated carbocycles. The Hall–Kier alpha value is -7.17. The Morgan fingerprint density at radius 1 is 0.694 bits per heavy atom. The van der Waals surface area contributed by atoms with Gasteiger partial charge in [-0.15, -0.1) is 0 Å². The van der Waals surface area contributed by atoms with E-state index in [-0.39, 0.29) is 35.5 Å². The molecule has 0 amide bonds. The summed E-state index contributed by atoms with van der Waals surface area (Å²) in [5, 5.41) is 41.9. The number of pyridine rings is 2. The molecule has 0 saturated heterocycles. The molecular weight excluding hydrogens is 817 g/mol. The molecule has 16 heteroatoms. The number of nitriles is 2. The van der Waals surface area contributed by atoms with Gasteiger partial charge in [0.05, 0.1) is 53.5 Å². The highest BCUT2D eigenvalue weighted by Crippen LogP contribution is 2.27. The van der Waals surface area contributed by atoms with Crippen LogP contribution in [-0.4, -0.2) is 65.4 Å². The minimum Gasteiger partial charge on any atom is -0.462 e. The second-order valence-corrected chi connectivity index (χ2v) is 13.3. The first-order chi connectivity index (χ1) is 30.0. The zero-order valence-corrected chi connectivity index (χ0v) is 34.6. The summed E-state index contributed by atoms with van der Waals surface area (Å²) in [6.45, 7) is 5.01. The van der Waals surface area contributed by atoms with Crippen LogP contribution >= 0.6 is 11.6 Å². The molecular formula is C46H42BClF2N6O6. The normalized spacial score (nSPS) is 10.0. The lowest BCUT2D eigenvalue weighted by Gasteiger charge is -2.13. The molecule has 0 atom stereocenters. The summed E-state index contributed by atoms with van der Waals surface area (Å²) in [4.78, 5) is 32.4. The molecule has 0 aliphatic carbocycles. The largest absolute Gasteiger partial charge is 0.489 e. The number of benzene rings is 4. The number of ether oxygens (including phenoxy) is 2. The molecule has 0 radical (unpaired) electrons. The molecule has 6 rings (SSSR count). The van der Waals surface area contributed by atoms with Crippen molar-refractivity contribution in [2.24, 2.45) is 0 Å². The smallest absolute Gasteiger partial charge is 0.462 e. The van der Waals surface area contributed by atoms with Crippen molar-refractivity contribution in [3.05, 3.63) is 172 Å². The summed E-state index contributed by atoms with van der Waals surface area (Å²) >= 11 is 5.86. The number of halogens is 3. The molecule has 2 heterocycles. The molecule has 0 unspecified atom stereocenters. The predicted molar refractivity (Wildman–Crippen MR) is 234 cm³/mol. The number of carbonyl (C=O) groups excluding carboxylic acids is 2. The molecule has 0 aliphatic heterocycles. The Balaban J connectivity index is 0.000000225. The topological polar surface area (TPSA) is 190 Å². The number of rotatable bonds is 14. The average molecular weight is 859 g/mol. The van der Waals surface area contributed by atoms with Gasteiger partial charge in [-0.05, 0) is 91.8 Å². The summed E-state index contributed by atoms with van der Waals surface area (Å²) in [5.41, 5.74) is 5.74. The number of aromatic nitrogens is 2. The highest BCUT2D eigenvalue weighted by Gasteiger charge is 2.17. The number of esters is 2. The Bertz CT molecular complexity index is 2530. The highest BCUT2D eigenvalue weighted by molar-refractivity contribution is 6.59. The summed E-state index contributed by atoms with van der Waals surface area (Å²) in [6, 6.07) is 33.6. The van der Waals surface area contributed by atoms with Crippen LogP contribution in [-0.2, 0) is 22.3 Å². The van der Waals surface area contributed by atoms with Crippen LogP contribution in [0, 0.1) is 34.3 Å². The zero-order valence-electron chi connectivity index (χ0n) is 33.8. The van der Waals surface area contributed by atoms with E-state index in [0.717, 1.165) is 11.1 Å². The fraction of sp³-hybridized carbons (Fsp3) is 0.174. The standard InChI is InChI=1S/C23H20FN3O2.C16H16ClFN2O2.C7H6BNO2/c1-2-29-23(28)20-15-27-21(19-9-4-3-7-17(19)14-25)13-22(20)26-11-10-16-6-5-8-18(24)12-16;1-2-22-16(21)13-10-20-15(17)9-14(13)19-7-6-11-4-3-5-12(18)8-11;9-5-6-3-1-2-4-7(6)8(10)11/h3-9,12-13,15H,2,10-11H2,1H3,(H,26,27);3-5,8-10H,2,6-7H2,1H3,(H,19,20);1-4,10-11H. The van der Waals surface area contributed by atoms with Crippen LogP contribution in [0.25, 0.3) is 11.3 Å². The molecule has 4 aromatic carbocycles. The first kappa shape index (κ1) is 47.5. The first-order valence-corrected chi connectivity index (χ1v) is 19.7. The van der Waals surface area contributed by atoms with Crippen molar-refractivity contribution in [2.75, 3.05) is 36.9 Å². The van der Waals surface area contributed by atoms with Crippen molar-refractivity contribution in [1.29, 1.82) is 10.5 Å². The van der Waals surface area contributed by atoms with Gasteiger partial charge in [-0.2, -0.15) is 10.5 Å². The van der Waals surface area contributed by atoms with Crippen LogP contribution in [0.15, 0.2) is 122 Å². The third kappa shape index (κ3) is 14.5. The second kappa shape index (κ2) is 24.8. The summed E-state index contributed by atoms with van der Waals surface area (Å²) in [5.74, 6) is -1.49. The van der Waals surface area contributed by atoms with Gasteiger partial charge < -0.3 is 30.2 Å². The Labute approximate surface area is 363 Å². The van der Waals surface area contributed by atoms with Crippen molar-refractivity contribution < 1.29 is 37.9 Å². The van der Waals surface area contributed by atoms with E-state index in [9.17, 15) is 23.6 Å². The van der Waals surface area contributed by atoms with Crippen LogP contribution in [0.2, 0.25) is 5.15 Å². The van der Waals surface area contributed by atoms with Gasteiger partial charge in [0.1, 0.15) is 27.9 Å². The third-order valence-corrected chi connectivity index (χ3v) is 8.89. The number of nitrogens with one attached hydrogen (secondary N) is 2. The van der Waals surface area contributed by atoms with Crippen LogP contribution in [0.4, 0.5) is 20.2 Å². The second-order valence-electron chi connectivity index (χ2n) is 13.0. The number of anilines is 2. The van der Waals surface area contributed by atoms with Crippen LogP contribution in [0.3, 0.4) is 0 Å². The molecule has 0 bridgehead atoms. The van der Waals surface area contributed by atoms with Crippen molar-refractivity contribution in [3.8, 4) is 23.4 Å². The van der Waals surface area contributed by atoms with E-state index in [4.69, 9.17) is 36.4 Å². The van der Waals surface area contributed by atoms with Gasteiger partial charge in [-0.25, -0.2) is 23.4 Å². The van der Waals surface area contributed by atoms with E-state index in [1.165, 1.54) is 48.8 Å². The fourth-order valence-corrected chi connectivity index (χ4v) is 5.92. The quantitative estimate of drug-likeness (QED) is 0.0479. The lowest BCUT2D eigenvalue weighted by atomic mass is 9.77. The van der Waals surface area contributed by atoms with Gasteiger partial charge in [-0.1, -0.05) is 72.3 Å². The zero-order chi connectivity index (χ0) is 44.9. The summed E-state index contributed by atoms with van der Waals surface area (Å²) in [6.07, 6.45) is 4.02. The number of hydrogen-bond acceptors (Lipinski definition) is 12. The number of nitrogens with zero attached hydrogens (tertiary/aromatic N) is 4. The molecule has 4 N–H and O–H groups in total. The van der Waals surface area contributed by atoms with E-state index in [0.29, 0.717) is 70.8 Å². The van der Waals surface area contributed by atoms with Crippen LogP contribution < -0.4 is 16.1 Å². The molecule has 62 heavy (non-hydrogen) atoms. The van der Waals surface area contributed by atoms with E-state index < -0.39 is 19.1 Å². The monoisotopic (exact) mass is 858 g/mol. The SMILES string of the molecule is CCOC(=O)c1cnc(-c2ccccc2C#N)cc1NCCc1cccc(F)c1.CCOC(=O)c1cnc(Cl)cc1NCCc1cccc(F)c1.N#Cc1ccccc1B(O)O. The van der Waals surface area contributed by atoms with Crippen molar-refractivity contribution in [1.82, 2.24) is 9.97 Å². The van der Waals surface area contributed by atoms with Crippen LogP contribution in [0.1, 0.15) is 56.8 Å². The van der Waals surface area contributed by atoms with Gasteiger partial charge in [0.2, 0.25) is 0 Å². The lowest BCUT2D eigenvalue weighted by molar-refractivity contribution is 0.0517. The first-order valence-electron chi connectivity index (χ1n) is 19.3. The Kier molecular flexibility index (Phi) is 19.0. The third-order valence-electron chi connectivity index (χ3n) is 8.68. The maximum atomic E-state index is 13.4. The molecule has 0 aliphatic rings. The molecule has 12 nitrogen and oxygen atoms in total. The Morgan fingerprint density at radius 2 is 1.19 bits per heavy atom. The van der Waals surface area contributed by atoms with Crippen LogP contribution in [0.5, 0.6) is 0 Å². The highest BCUT2D eigenvalue weighted by atomic mass is 35.5. The fourth-order valence-electron chi connectivity index (χ4n) is 5.76. The van der Waals surface area contributed by atoms with E-state index in [1.54, 1.807) is 68.4 Å². The maximum absolute atomic E-state index is 13.4. The molecule has 2 aromatic heterocycles. The van der Waals surface area contributed by atoms with E-state index in [2.05, 4.69) is 26.7 Å². The summed E-state index contributed by atoms with van der Waals surface area (Å²) in [7, 11) is -1.56. The van der Waals surface area contributed by atoms with Crippen molar-refractivity contribution in [2.45, 2.75) is 26.7 Å². The van der Waals surface area contributed by atoms with Crippen molar-refractivity contribution in [3.63, 3.8) is 0 Å². The number of carbonyl (C=O) groups is 2. The van der Waals surface area contributed by atoms with Gasteiger partial charge >= 0.3 is 19.1 Å². The number of hydrogen-bond donors (Lipinski definition) is 4. The van der Waals surface area contributed by atoms with Gasteiger partial charge in [0.25, 0.3) is 0 Å². The van der Waals surface area contributed by atoms with E-state index >= 15 is 0 Å². The van der Waals surface area contributed by atoms with E-state index in [1.807, 2.05) is 24.3 Å². The minimum atomic E-state index is -1.56. The molecule has 6 aromatic rings. The predicted octanol–water partition coefficient (Wildman–Crippen LogP) is 7.53. The molecule has 316 valence electrons.